The Kier molecular flexibility index (Phi) is 3.15. The highest BCUT2D eigenvalue weighted by Crippen LogP contribution is 2.34. The van der Waals surface area contributed by atoms with Crippen molar-refractivity contribution >= 4 is 11.8 Å². The molecule has 0 bridgehead atoms. The fourth-order valence-electron chi connectivity index (χ4n) is 2.41. The Morgan fingerprint density at radius 3 is 2.47 bits per heavy atom. The number of nitrogens with zero attached hydrogens (tertiary/aromatic N) is 1. The molecule has 4 heteroatoms. The van der Waals surface area contributed by atoms with Gasteiger partial charge in [0.1, 0.15) is 11.6 Å². The molecule has 0 aromatic carbocycles. The number of piperazine rings is 1. The van der Waals surface area contributed by atoms with Crippen LogP contribution in [0.25, 0.3) is 0 Å². The van der Waals surface area contributed by atoms with Crippen molar-refractivity contribution in [2.75, 3.05) is 6.54 Å². The van der Waals surface area contributed by atoms with Crippen LogP contribution >= 0.6 is 0 Å². The summed E-state index contributed by atoms with van der Waals surface area (Å²) >= 11 is 0. The molecule has 1 aliphatic carbocycles. The van der Waals surface area contributed by atoms with Crippen molar-refractivity contribution in [2.45, 2.75) is 58.0 Å². The maximum absolute atomic E-state index is 12.4. The predicted molar refractivity (Wildman–Crippen MR) is 65.4 cm³/mol. The second kappa shape index (κ2) is 4.31. The average molecular weight is 238 g/mol. The highest BCUT2D eigenvalue weighted by atomic mass is 16.2. The molecule has 2 unspecified atom stereocenters. The van der Waals surface area contributed by atoms with Gasteiger partial charge in [0.15, 0.2) is 0 Å². The molecule has 1 saturated carbocycles. The smallest absolute Gasteiger partial charge is 0.246 e. The number of nitrogens with one attached hydrogen (secondary N) is 1. The fourth-order valence-corrected chi connectivity index (χ4v) is 2.41. The zero-order chi connectivity index (χ0) is 12.6. The van der Waals surface area contributed by atoms with E-state index in [4.69, 9.17) is 0 Å². The Bertz CT molecular complexity index is 338. The largest absolute Gasteiger partial charge is 0.342 e. The minimum absolute atomic E-state index is 0.00657. The van der Waals surface area contributed by atoms with Crippen LogP contribution in [0.2, 0.25) is 0 Å². The lowest BCUT2D eigenvalue weighted by Gasteiger charge is -2.46. The van der Waals surface area contributed by atoms with Gasteiger partial charge in [0.05, 0.1) is 0 Å². The number of amides is 2. The van der Waals surface area contributed by atoms with Crippen LogP contribution in [0.1, 0.15) is 46.5 Å². The Hall–Kier alpha value is -1.06. The molecule has 2 amide bonds. The zero-order valence-electron chi connectivity index (χ0n) is 11.0. The lowest BCUT2D eigenvalue weighted by molar-refractivity contribution is -0.157. The third-order valence-electron chi connectivity index (χ3n) is 4.19. The van der Waals surface area contributed by atoms with Gasteiger partial charge in [0, 0.05) is 6.54 Å². The topological polar surface area (TPSA) is 49.4 Å². The lowest BCUT2D eigenvalue weighted by atomic mass is 9.89. The van der Waals surface area contributed by atoms with E-state index in [1.165, 1.54) is 12.8 Å². The van der Waals surface area contributed by atoms with E-state index < -0.39 is 5.54 Å². The monoisotopic (exact) mass is 238 g/mol. The van der Waals surface area contributed by atoms with E-state index >= 15 is 0 Å². The van der Waals surface area contributed by atoms with Gasteiger partial charge >= 0.3 is 0 Å². The van der Waals surface area contributed by atoms with Crippen LogP contribution in [0.3, 0.4) is 0 Å². The van der Waals surface area contributed by atoms with Gasteiger partial charge in [-0.05, 0) is 38.5 Å². The summed E-state index contributed by atoms with van der Waals surface area (Å²) in [5.41, 5.74) is -0.647. The minimum atomic E-state index is -0.647. The van der Waals surface area contributed by atoms with Crippen molar-refractivity contribution in [3.8, 4) is 0 Å². The van der Waals surface area contributed by atoms with Crippen LogP contribution < -0.4 is 5.32 Å². The number of hydrogen-bond donors (Lipinski definition) is 1. The first kappa shape index (κ1) is 12.4. The molecule has 2 atom stereocenters. The van der Waals surface area contributed by atoms with Crippen molar-refractivity contribution in [3.05, 3.63) is 0 Å². The molecular formula is C13H22N2O2. The third kappa shape index (κ3) is 2.05. The normalized spacial score (nSPS) is 33.8. The molecule has 1 aliphatic heterocycles. The molecule has 0 radical (unpaired) electrons. The number of carbonyl (C=O) groups excluding carboxylic acids is 2. The van der Waals surface area contributed by atoms with Crippen molar-refractivity contribution < 1.29 is 9.59 Å². The molecule has 1 saturated heterocycles. The van der Waals surface area contributed by atoms with E-state index in [2.05, 4.69) is 5.32 Å². The second-order valence-electron chi connectivity index (χ2n) is 5.45. The van der Waals surface area contributed by atoms with Gasteiger partial charge in [0.2, 0.25) is 11.8 Å². The van der Waals surface area contributed by atoms with E-state index in [0.717, 1.165) is 6.54 Å². The quantitative estimate of drug-likeness (QED) is 0.802. The molecule has 4 nitrogen and oxygen atoms in total. The Morgan fingerprint density at radius 2 is 2.00 bits per heavy atom. The minimum Gasteiger partial charge on any atom is -0.342 e. The van der Waals surface area contributed by atoms with E-state index in [-0.39, 0.29) is 17.9 Å². The summed E-state index contributed by atoms with van der Waals surface area (Å²) in [7, 11) is 0. The standard InChI is InChI=1S/C13H22N2O2/c1-4-10-11(16)15(8-9-6-7-9)13(3,5-2)12(17)14-10/h9-10H,4-8H2,1-3H3,(H,14,17). The SMILES string of the molecule is CCC1NC(=O)C(C)(CC)N(CC2CC2)C1=O. The van der Waals surface area contributed by atoms with Gasteiger partial charge in [-0.15, -0.1) is 0 Å². The highest BCUT2D eigenvalue weighted by molar-refractivity contribution is 5.99. The molecule has 17 heavy (non-hydrogen) atoms. The van der Waals surface area contributed by atoms with Crippen molar-refractivity contribution in [3.63, 3.8) is 0 Å². The zero-order valence-corrected chi connectivity index (χ0v) is 11.0. The number of hydrogen-bond acceptors (Lipinski definition) is 2. The molecule has 2 aliphatic rings. The van der Waals surface area contributed by atoms with Gasteiger partial charge in [-0.1, -0.05) is 13.8 Å². The predicted octanol–water partition coefficient (Wildman–Crippen LogP) is 1.30. The van der Waals surface area contributed by atoms with E-state index in [1.807, 2.05) is 25.7 Å². The molecule has 2 rings (SSSR count). The number of rotatable bonds is 4. The maximum Gasteiger partial charge on any atom is 0.246 e. The summed E-state index contributed by atoms with van der Waals surface area (Å²) < 4.78 is 0. The summed E-state index contributed by atoms with van der Waals surface area (Å²) in [6.45, 7) is 6.55. The second-order valence-corrected chi connectivity index (χ2v) is 5.45. The van der Waals surface area contributed by atoms with Crippen molar-refractivity contribution in [1.29, 1.82) is 0 Å². The van der Waals surface area contributed by atoms with Crippen LogP contribution in [-0.2, 0) is 9.59 Å². The van der Waals surface area contributed by atoms with E-state index in [0.29, 0.717) is 18.8 Å². The van der Waals surface area contributed by atoms with Gasteiger partial charge in [-0.3, -0.25) is 9.59 Å². The Morgan fingerprint density at radius 1 is 1.35 bits per heavy atom. The van der Waals surface area contributed by atoms with Crippen LogP contribution in [-0.4, -0.2) is 34.8 Å². The first-order valence-corrected chi connectivity index (χ1v) is 6.65. The molecule has 0 aromatic heterocycles. The first-order chi connectivity index (χ1) is 8.02. The van der Waals surface area contributed by atoms with Crippen LogP contribution in [0.4, 0.5) is 0 Å². The summed E-state index contributed by atoms with van der Waals surface area (Å²) in [5, 5.41) is 2.85. The van der Waals surface area contributed by atoms with Crippen LogP contribution in [0.5, 0.6) is 0 Å². The fraction of sp³-hybridized carbons (Fsp3) is 0.846. The Labute approximate surface area is 103 Å². The summed E-state index contributed by atoms with van der Waals surface area (Å²) in [4.78, 5) is 26.4. The molecule has 1 N–H and O–H groups in total. The van der Waals surface area contributed by atoms with Gasteiger partial charge in [0.25, 0.3) is 0 Å². The molecule has 1 heterocycles. The van der Waals surface area contributed by atoms with Crippen LogP contribution in [0, 0.1) is 5.92 Å². The summed E-state index contributed by atoms with van der Waals surface area (Å²) in [6, 6.07) is -0.319. The van der Waals surface area contributed by atoms with Crippen molar-refractivity contribution in [2.24, 2.45) is 5.92 Å². The molecule has 0 spiro atoms. The molecular weight excluding hydrogens is 216 g/mol. The summed E-state index contributed by atoms with van der Waals surface area (Å²) in [6.07, 6.45) is 3.74. The molecule has 96 valence electrons. The van der Waals surface area contributed by atoms with E-state index in [1.54, 1.807) is 0 Å². The maximum atomic E-state index is 12.4. The average Bonchev–Trinajstić information content (AvgIpc) is 3.13. The van der Waals surface area contributed by atoms with Crippen LogP contribution in [0.15, 0.2) is 0 Å². The molecule has 0 aromatic rings. The van der Waals surface area contributed by atoms with Gasteiger partial charge in [-0.2, -0.15) is 0 Å². The number of carbonyl (C=O) groups is 2. The Balaban J connectivity index is 2.23. The van der Waals surface area contributed by atoms with E-state index in [9.17, 15) is 9.59 Å². The lowest BCUT2D eigenvalue weighted by Crippen LogP contribution is -2.69. The highest BCUT2D eigenvalue weighted by Gasteiger charge is 2.48. The van der Waals surface area contributed by atoms with Crippen molar-refractivity contribution in [1.82, 2.24) is 10.2 Å². The van der Waals surface area contributed by atoms with Gasteiger partial charge in [-0.25, -0.2) is 0 Å². The van der Waals surface area contributed by atoms with Gasteiger partial charge < -0.3 is 10.2 Å². The third-order valence-corrected chi connectivity index (χ3v) is 4.19. The first-order valence-electron chi connectivity index (χ1n) is 6.65. The molecule has 2 fully saturated rings. The summed E-state index contributed by atoms with van der Waals surface area (Å²) in [5.74, 6) is 0.726.